The Balaban J connectivity index is 1.31. The Morgan fingerprint density at radius 3 is 2.03 bits per heavy atom. The number of carbonyl (C=O) groups is 5. The van der Waals surface area contributed by atoms with Crippen LogP contribution in [0, 0.1) is 0 Å². The van der Waals surface area contributed by atoms with Gasteiger partial charge in [-0.25, -0.2) is 4.79 Å². The fourth-order valence-electron chi connectivity index (χ4n) is 7.44. The molecule has 3 aromatic carbocycles. The van der Waals surface area contributed by atoms with Crippen molar-refractivity contribution in [1.82, 2.24) is 31.6 Å². The van der Waals surface area contributed by atoms with Crippen LogP contribution in [0.3, 0.4) is 0 Å². The van der Waals surface area contributed by atoms with Crippen LogP contribution in [0.1, 0.15) is 48.8 Å². The van der Waals surface area contributed by atoms with E-state index in [9.17, 15) is 29.1 Å². The molecule has 3 heterocycles. The van der Waals surface area contributed by atoms with E-state index in [2.05, 4.69) is 31.6 Å². The molecule has 1 fully saturated rings. The van der Waals surface area contributed by atoms with Crippen LogP contribution in [-0.4, -0.2) is 89.0 Å². The molecule has 15 heteroatoms. The molecular weight excluding hydrogens is 757 g/mol. The van der Waals surface area contributed by atoms with E-state index >= 15 is 0 Å². The lowest BCUT2D eigenvalue weighted by Crippen LogP contribution is -2.64. The van der Waals surface area contributed by atoms with Crippen molar-refractivity contribution in [2.75, 3.05) is 19.6 Å². The summed E-state index contributed by atoms with van der Waals surface area (Å²) in [5.74, 6) is -3.57. The number of carboxylic acid groups (broad SMARTS) is 1. The first-order valence-electron chi connectivity index (χ1n) is 19.7. The molecule has 306 valence electrons. The average Bonchev–Trinajstić information content (AvgIpc) is 3.84. The number of benzene rings is 3. The summed E-state index contributed by atoms with van der Waals surface area (Å²) in [6, 6.07) is 20.1. The van der Waals surface area contributed by atoms with E-state index in [4.69, 9.17) is 11.5 Å². The lowest BCUT2D eigenvalue weighted by molar-refractivity contribution is -0.149. The van der Waals surface area contributed by atoms with Crippen LogP contribution >= 0.6 is 11.3 Å². The summed E-state index contributed by atoms with van der Waals surface area (Å²) in [4.78, 5) is 72.5. The SMILES string of the molecule is NCCCCC(N)C(=O)N[C@@H](Cc1ccccc1)C(=O)N[C@H](Cc1c[nH]c2ccccc12)C(=O)N[C@H](Cc1csc2ccccc12)C(=O)NC1(C(=O)O)CCNCC1. The van der Waals surface area contributed by atoms with Crippen LogP contribution in [0.25, 0.3) is 21.0 Å². The number of nitrogens with one attached hydrogen (secondary N) is 6. The molecule has 1 unspecified atom stereocenters. The fraction of sp³-hybridized carbons (Fsp3) is 0.372. The summed E-state index contributed by atoms with van der Waals surface area (Å²) in [5.41, 5.74) is 13.5. The van der Waals surface area contributed by atoms with Crippen molar-refractivity contribution in [2.45, 2.75) is 81.1 Å². The second-order valence-corrected chi connectivity index (χ2v) is 15.8. The molecular formula is C43H52N8O6S. The number of rotatable bonds is 19. The number of aromatic amines is 1. The van der Waals surface area contributed by atoms with E-state index in [1.165, 1.54) is 11.3 Å². The van der Waals surface area contributed by atoms with Gasteiger partial charge in [-0.05, 0) is 84.9 Å². The molecule has 1 aliphatic rings. The molecule has 4 atom stereocenters. The van der Waals surface area contributed by atoms with Gasteiger partial charge in [-0.1, -0.05) is 73.2 Å². The Kier molecular flexibility index (Phi) is 14.3. The second-order valence-electron chi connectivity index (χ2n) is 14.9. The smallest absolute Gasteiger partial charge is 0.329 e. The molecule has 0 bridgehead atoms. The average molecular weight is 809 g/mol. The summed E-state index contributed by atoms with van der Waals surface area (Å²) in [6.07, 6.45) is 4.07. The summed E-state index contributed by atoms with van der Waals surface area (Å²) < 4.78 is 0.999. The number of thiophene rings is 1. The molecule has 0 saturated carbocycles. The molecule has 14 nitrogen and oxygen atoms in total. The van der Waals surface area contributed by atoms with E-state index < -0.39 is 59.3 Å². The van der Waals surface area contributed by atoms with E-state index in [0.717, 1.165) is 37.7 Å². The molecule has 1 aliphatic heterocycles. The maximum atomic E-state index is 14.7. The van der Waals surface area contributed by atoms with Gasteiger partial charge in [-0.15, -0.1) is 11.3 Å². The zero-order chi connectivity index (χ0) is 41.1. The molecule has 0 aliphatic carbocycles. The number of unbranched alkanes of at least 4 members (excludes halogenated alkanes) is 1. The fourth-order valence-corrected chi connectivity index (χ4v) is 8.42. The van der Waals surface area contributed by atoms with Gasteiger partial charge < -0.3 is 48.1 Å². The van der Waals surface area contributed by atoms with E-state index in [0.29, 0.717) is 38.9 Å². The first-order chi connectivity index (χ1) is 28.1. The van der Waals surface area contributed by atoms with Crippen LogP contribution in [0.2, 0.25) is 0 Å². The number of aromatic nitrogens is 1. The maximum Gasteiger partial charge on any atom is 0.329 e. The number of aliphatic carboxylic acids is 1. The number of amides is 4. The number of nitrogens with two attached hydrogens (primary N) is 2. The first-order valence-corrected chi connectivity index (χ1v) is 20.6. The quantitative estimate of drug-likeness (QED) is 0.0558. The summed E-state index contributed by atoms with van der Waals surface area (Å²) in [7, 11) is 0. The lowest BCUT2D eigenvalue weighted by Gasteiger charge is -2.36. The van der Waals surface area contributed by atoms with Crippen molar-refractivity contribution in [1.29, 1.82) is 0 Å². The number of hydrogen-bond donors (Lipinski definition) is 9. The highest BCUT2D eigenvalue weighted by Gasteiger charge is 2.43. The van der Waals surface area contributed by atoms with Gasteiger partial charge >= 0.3 is 5.97 Å². The Bertz CT molecular complexity index is 2200. The number of para-hydroxylation sites is 1. The molecule has 0 spiro atoms. The van der Waals surface area contributed by atoms with Gasteiger partial charge in [0.15, 0.2) is 0 Å². The van der Waals surface area contributed by atoms with Crippen molar-refractivity contribution >= 4 is 61.9 Å². The largest absolute Gasteiger partial charge is 0.480 e. The van der Waals surface area contributed by atoms with Gasteiger partial charge in [0.2, 0.25) is 23.6 Å². The van der Waals surface area contributed by atoms with Crippen molar-refractivity contribution < 1.29 is 29.1 Å². The summed E-state index contributed by atoms with van der Waals surface area (Å²) >= 11 is 1.50. The Morgan fingerprint density at radius 1 is 0.724 bits per heavy atom. The van der Waals surface area contributed by atoms with Crippen molar-refractivity contribution in [2.24, 2.45) is 11.5 Å². The first kappa shape index (κ1) is 42.0. The third-order valence-corrected chi connectivity index (χ3v) is 11.8. The Morgan fingerprint density at radius 2 is 1.33 bits per heavy atom. The van der Waals surface area contributed by atoms with Gasteiger partial charge in [0.1, 0.15) is 23.7 Å². The number of piperidine rings is 1. The number of hydrogen-bond acceptors (Lipinski definition) is 9. The molecule has 11 N–H and O–H groups in total. The number of fused-ring (bicyclic) bond motifs is 2. The number of carbonyl (C=O) groups excluding carboxylic acids is 4. The van der Waals surface area contributed by atoms with Crippen molar-refractivity contribution in [3.63, 3.8) is 0 Å². The molecule has 0 radical (unpaired) electrons. The number of H-pyrrole nitrogens is 1. The topological polar surface area (TPSA) is 234 Å². The van der Waals surface area contributed by atoms with Gasteiger partial charge in [-0.2, -0.15) is 0 Å². The highest BCUT2D eigenvalue weighted by molar-refractivity contribution is 7.17. The minimum Gasteiger partial charge on any atom is -0.480 e. The zero-order valence-electron chi connectivity index (χ0n) is 32.3. The maximum absolute atomic E-state index is 14.7. The predicted octanol–water partition coefficient (Wildman–Crippen LogP) is 2.64. The summed E-state index contributed by atoms with van der Waals surface area (Å²) in [6.45, 7) is 1.27. The molecule has 4 amide bonds. The molecule has 6 rings (SSSR count). The standard InChI is InChI=1S/C43H52N8O6S/c44-19-9-8-14-32(45)38(52)48-34(22-27-10-2-1-3-11-27)39(53)49-35(23-28-25-47-33-15-6-4-12-30(28)33)40(54)50-36(24-29-26-58-37-16-7-5-13-31(29)37)41(55)51-43(42(56)57)17-20-46-21-18-43/h1-7,10-13,15-16,25-26,32,34-36,46-47H,8-9,14,17-24,44-45H2,(H,48,52)(H,49,53)(H,50,54)(H,51,55)(H,56,57)/t32?,34-,35+,36+/m0/s1. The molecule has 1 saturated heterocycles. The molecule has 5 aromatic rings. The number of carboxylic acids is 1. The Labute approximate surface area is 340 Å². The predicted molar refractivity (Wildman–Crippen MR) is 225 cm³/mol. The Hall–Kier alpha value is -5.61. The van der Waals surface area contributed by atoms with Gasteiger partial charge in [0.25, 0.3) is 0 Å². The van der Waals surface area contributed by atoms with Crippen LogP contribution in [0.5, 0.6) is 0 Å². The third-order valence-electron chi connectivity index (χ3n) is 10.8. The van der Waals surface area contributed by atoms with E-state index in [1.807, 2.05) is 84.2 Å². The molecule has 2 aromatic heterocycles. The van der Waals surface area contributed by atoms with Crippen LogP contribution in [0.15, 0.2) is 90.4 Å². The highest BCUT2D eigenvalue weighted by Crippen LogP contribution is 2.27. The van der Waals surface area contributed by atoms with Crippen molar-refractivity contribution in [3.05, 3.63) is 107 Å². The van der Waals surface area contributed by atoms with E-state index in [1.54, 1.807) is 6.20 Å². The van der Waals surface area contributed by atoms with Crippen LogP contribution < -0.4 is 38.1 Å². The van der Waals surface area contributed by atoms with Crippen LogP contribution in [0.4, 0.5) is 0 Å². The van der Waals surface area contributed by atoms with E-state index in [-0.39, 0.29) is 32.1 Å². The minimum atomic E-state index is -1.52. The van der Waals surface area contributed by atoms with Gasteiger partial charge in [0, 0.05) is 41.1 Å². The van der Waals surface area contributed by atoms with Gasteiger partial charge in [0.05, 0.1) is 6.04 Å². The van der Waals surface area contributed by atoms with Gasteiger partial charge in [-0.3, -0.25) is 19.2 Å². The monoisotopic (exact) mass is 808 g/mol. The van der Waals surface area contributed by atoms with Crippen LogP contribution in [-0.2, 0) is 43.2 Å². The zero-order valence-corrected chi connectivity index (χ0v) is 33.1. The second kappa shape index (κ2) is 19.7. The lowest BCUT2D eigenvalue weighted by atomic mass is 9.87. The third kappa shape index (κ3) is 10.5. The minimum absolute atomic E-state index is 0.0344. The summed E-state index contributed by atoms with van der Waals surface area (Å²) in [5, 5.41) is 28.6. The molecule has 58 heavy (non-hydrogen) atoms. The van der Waals surface area contributed by atoms with Crippen molar-refractivity contribution in [3.8, 4) is 0 Å². The normalized spacial score (nSPS) is 15.8. The highest BCUT2D eigenvalue weighted by atomic mass is 32.1.